The molecule has 0 unspecified atom stereocenters. The summed E-state index contributed by atoms with van der Waals surface area (Å²) in [6.07, 6.45) is 4.88. The maximum absolute atomic E-state index is 9.42. The first-order valence-corrected chi connectivity index (χ1v) is 6.71. The van der Waals surface area contributed by atoms with Crippen LogP contribution in [0.2, 0.25) is 5.28 Å². The molecule has 1 fully saturated rings. The van der Waals surface area contributed by atoms with E-state index in [9.17, 15) is 5.26 Å². The molecule has 1 aliphatic carbocycles. The molecule has 1 aliphatic rings. The Morgan fingerprint density at radius 3 is 2.47 bits per heavy atom. The van der Waals surface area contributed by atoms with Gasteiger partial charge in [-0.1, -0.05) is 19.3 Å². The van der Waals surface area contributed by atoms with Crippen molar-refractivity contribution in [3.63, 3.8) is 0 Å². The molecule has 102 valence electrons. The molecule has 1 heterocycles. The third-order valence-corrected chi connectivity index (χ3v) is 3.44. The molecular formula is C12H17ClN6. The SMILES string of the molecule is CN(C)c1nc(Cl)nc(NC2(C#N)CCCCC2)n1. The van der Waals surface area contributed by atoms with E-state index in [1.54, 1.807) is 4.90 Å². The van der Waals surface area contributed by atoms with Crippen LogP contribution in [-0.4, -0.2) is 34.6 Å². The van der Waals surface area contributed by atoms with Crippen molar-refractivity contribution in [3.8, 4) is 6.07 Å². The minimum absolute atomic E-state index is 0.130. The number of nitrogens with one attached hydrogen (secondary N) is 1. The van der Waals surface area contributed by atoms with Crippen LogP contribution in [0.1, 0.15) is 32.1 Å². The molecule has 0 amide bonds. The van der Waals surface area contributed by atoms with Crippen LogP contribution < -0.4 is 10.2 Å². The summed E-state index contributed by atoms with van der Waals surface area (Å²) in [6.45, 7) is 0. The largest absolute Gasteiger partial charge is 0.347 e. The summed E-state index contributed by atoms with van der Waals surface area (Å²) in [5, 5.41) is 12.7. The van der Waals surface area contributed by atoms with Crippen LogP contribution in [0.25, 0.3) is 0 Å². The molecule has 0 saturated heterocycles. The number of aromatic nitrogens is 3. The Morgan fingerprint density at radius 2 is 1.89 bits per heavy atom. The fraction of sp³-hybridized carbons (Fsp3) is 0.667. The molecule has 0 bridgehead atoms. The minimum atomic E-state index is -0.577. The van der Waals surface area contributed by atoms with Gasteiger partial charge < -0.3 is 10.2 Å². The molecule has 6 nitrogen and oxygen atoms in total. The van der Waals surface area contributed by atoms with E-state index in [1.165, 1.54) is 6.42 Å². The van der Waals surface area contributed by atoms with E-state index in [0.29, 0.717) is 11.9 Å². The molecule has 0 aromatic carbocycles. The minimum Gasteiger partial charge on any atom is -0.347 e. The molecule has 0 atom stereocenters. The predicted octanol–water partition coefficient (Wildman–Crippen LogP) is 2.23. The third kappa shape index (κ3) is 3.24. The van der Waals surface area contributed by atoms with E-state index in [4.69, 9.17) is 11.6 Å². The molecule has 2 rings (SSSR count). The van der Waals surface area contributed by atoms with Crippen molar-refractivity contribution in [3.05, 3.63) is 5.28 Å². The van der Waals surface area contributed by atoms with Gasteiger partial charge in [0.05, 0.1) is 6.07 Å². The summed E-state index contributed by atoms with van der Waals surface area (Å²) in [5.41, 5.74) is -0.577. The maximum Gasteiger partial charge on any atom is 0.230 e. The lowest BCUT2D eigenvalue weighted by Crippen LogP contribution is -2.39. The second-order valence-corrected chi connectivity index (χ2v) is 5.34. The summed E-state index contributed by atoms with van der Waals surface area (Å²) < 4.78 is 0. The lowest BCUT2D eigenvalue weighted by molar-refractivity contribution is 0.390. The average molecular weight is 281 g/mol. The quantitative estimate of drug-likeness (QED) is 0.915. The van der Waals surface area contributed by atoms with Crippen LogP contribution in [0.3, 0.4) is 0 Å². The first kappa shape index (κ1) is 13.8. The number of halogens is 1. The van der Waals surface area contributed by atoms with E-state index in [2.05, 4.69) is 26.3 Å². The van der Waals surface area contributed by atoms with Crippen LogP contribution in [0.5, 0.6) is 0 Å². The number of hydrogen-bond acceptors (Lipinski definition) is 6. The first-order valence-electron chi connectivity index (χ1n) is 6.33. The number of nitrogens with zero attached hydrogens (tertiary/aromatic N) is 5. The van der Waals surface area contributed by atoms with Gasteiger partial charge in [-0.3, -0.25) is 0 Å². The van der Waals surface area contributed by atoms with Crippen molar-refractivity contribution >= 4 is 23.5 Å². The highest BCUT2D eigenvalue weighted by molar-refractivity contribution is 6.28. The van der Waals surface area contributed by atoms with Crippen LogP contribution >= 0.6 is 11.6 Å². The van der Waals surface area contributed by atoms with Crippen LogP contribution in [-0.2, 0) is 0 Å². The van der Waals surface area contributed by atoms with E-state index < -0.39 is 5.54 Å². The average Bonchev–Trinajstić information content (AvgIpc) is 2.39. The molecule has 1 saturated carbocycles. The van der Waals surface area contributed by atoms with E-state index >= 15 is 0 Å². The van der Waals surface area contributed by atoms with Crippen LogP contribution in [0.15, 0.2) is 0 Å². The Labute approximate surface area is 117 Å². The van der Waals surface area contributed by atoms with Gasteiger partial charge in [-0.15, -0.1) is 0 Å². The van der Waals surface area contributed by atoms with Crippen molar-refractivity contribution in [1.82, 2.24) is 15.0 Å². The van der Waals surface area contributed by atoms with Gasteiger partial charge in [0.15, 0.2) is 0 Å². The summed E-state index contributed by atoms with van der Waals surface area (Å²) in [6, 6.07) is 2.37. The van der Waals surface area contributed by atoms with Gasteiger partial charge in [0.25, 0.3) is 0 Å². The van der Waals surface area contributed by atoms with E-state index in [1.807, 2.05) is 14.1 Å². The topological polar surface area (TPSA) is 77.7 Å². The van der Waals surface area contributed by atoms with Gasteiger partial charge in [0.1, 0.15) is 5.54 Å². The fourth-order valence-corrected chi connectivity index (χ4v) is 2.39. The van der Waals surface area contributed by atoms with Gasteiger partial charge in [0.2, 0.25) is 17.2 Å². The number of anilines is 2. The van der Waals surface area contributed by atoms with Crippen molar-refractivity contribution < 1.29 is 0 Å². The standard InChI is InChI=1S/C12H17ClN6/c1-19(2)11-16-9(13)15-10(17-11)18-12(8-14)6-4-3-5-7-12/h3-7H2,1-2H3,(H,15,16,17,18). The second kappa shape index (κ2) is 5.57. The van der Waals surface area contributed by atoms with Gasteiger partial charge in [-0.25, -0.2) is 0 Å². The van der Waals surface area contributed by atoms with Crippen LogP contribution in [0.4, 0.5) is 11.9 Å². The molecule has 0 aliphatic heterocycles. The number of rotatable bonds is 3. The summed E-state index contributed by atoms with van der Waals surface area (Å²) in [7, 11) is 3.66. The van der Waals surface area contributed by atoms with Crippen molar-refractivity contribution in [2.24, 2.45) is 0 Å². The molecule has 0 radical (unpaired) electrons. The molecular weight excluding hydrogens is 264 g/mol. The Kier molecular flexibility index (Phi) is 4.05. The lowest BCUT2D eigenvalue weighted by atomic mass is 9.83. The highest BCUT2D eigenvalue weighted by Crippen LogP contribution is 2.30. The second-order valence-electron chi connectivity index (χ2n) is 5.00. The molecule has 0 spiro atoms. The van der Waals surface area contributed by atoms with Gasteiger partial charge in [0, 0.05) is 14.1 Å². The molecule has 19 heavy (non-hydrogen) atoms. The maximum atomic E-state index is 9.42. The summed E-state index contributed by atoms with van der Waals surface area (Å²) >= 11 is 5.89. The first-order chi connectivity index (χ1) is 9.04. The van der Waals surface area contributed by atoms with E-state index in [-0.39, 0.29) is 5.28 Å². The summed E-state index contributed by atoms with van der Waals surface area (Å²) in [4.78, 5) is 14.1. The molecule has 7 heteroatoms. The predicted molar refractivity (Wildman–Crippen MR) is 74.2 cm³/mol. The number of nitriles is 1. The zero-order valence-corrected chi connectivity index (χ0v) is 11.9. The Morgan fingerprint density at radius 1 is 1.21 bits per heavy atom. The normalized spacial score (nSPS) is 17.6. The highest BCUT2D eigenvalue weighted by atomic mass is 35.5. The Hall–Kier alpha value is -1.61. The van der Waals surface area contributed by atoms with Gasteiger partial charge >= 0.3 is 0 Å². The van der Waals surface area contributed by atoms with Crippen molar-refractivity contribution in [1.29, 1.82) is 5.26 Å². The monoisotopic (exact) mass is 280 g/mol. The summed E-state index contributed by atoms with van der Waals surface area (Å²) in [5.74, 6) is 0.846. The van der Waals surface area contributed by atoms with E-state index in [0.717, 1.165) is 25.7 Å². The number of hydrogen-bond donors (Lipinski definition) is 1. The Balaban J connectivity index is 2.24. The zero-order valence-electron chi connectivity index (χ0n) is 11.1. The van der Waals surface area contributed by atoms with Crippen molar-refractivity contribution in [2.75, 3.05) is 24.3 Å². The lowest BCUT2D eigenvalue weighted by Gasteiger charge is -2.31. The zero-order chi connectivity index (χ0) is 13.9. The van der Waals surface area contributed by atoms with Gasteiger partial charge in [-0.2, -0.15) is 20.2 Å². The molecule has 1 N–H and O–H groups in total. The fourth-order valence-electron chi connectivity index (χ4n) is 2.23. The molecule has 1 aromatic heterocycles. The van der Waals surface area contributed by atoms with Gasteiger partial charge in [-0.05, 0) is 24.4 Å². The Bertz CT molecular complexity index is 489. The third-order valence-electron chi connectivity index (χ3n) is 3.27. The van der Waals surface area contributed by atoms with Crippen LogP contribution in [0, 0.1) is 11.3 Å². The molecule has 1 aromatic rings. The smallest absolute Gasteiger partial charge is 0.230 e. The highest BCUT2D eigenvalue weighted by Gasteiger charge is 2.32. The van der Waals surface area contributed by atoms with Crippen molar-refractivity contribution in [2.45, 2.75) is 37.6 Å².